The van der Waals surface area contributed by atoms with E-state index in [0.717, 1.165) is 52.3 Å². The quantitative estimate of drug-likeness (QED) is 0.157. The molecular formula is C54H80ClN4O2Zn-. The van der Waals surface area contributed by atoms with Crippen molar-refractivity contribution >= 4 is 23.8 Å². The molecule has 338 valence electrons. The number of aromatic hydroxyl groups is 2. The van der Waals surface area contributed by atoms with Crippen molar-refractivity contribution in [2.24, 2.45) is 15.9 Å². The van der Waals surface area contributed by atoms with Crippen molar-refractivity contribution in [2.75, 3.05) is 7.05 Å². The Labute approximate surface area is 396 Å². The van der Waals surface area contributed by atoms with Gasteiger partial charge in [0.1, 0.15) is 11.5 Å². The summed E-state index contributed by atoms with van der Waals surface area (Å²) in [6.45, 7) is 29.4. The molecule has 0 aromatic heterocycles. The van der Waals surface area contributed by atoms with E-state index in [-0.39, 0.29) is 65.0 Å². The Bertz CT molecular complexity index is 2020. The van der Waals surface area contributed by atoms with E-state index in [2.05, 4.69) is 149 Å². The number of aliphatic imine (C=N–C) groups is 2. The first-order valence-electron chi connectivity index (χ1n) is 23.4. The third-order valence-electron chi connectivity index (χ3n) is 13.9. The first-order valence-corrected chi connectivity index (χ1v) is 23.4. The van der Waals surface area contributed by atoms with Crippen LogP contribution < -0.4 is 12.4 Å². The summed E-state index contributed by atoms with van der Waals surface area (Å²) < 4.78 is 0. The van der Waals surface area contributed by atoms with Crippen molar-refractivity contribution in [1.29, 1.82) is 0 Å². The average molecular weight is 918 g/mol. The molecule has 6 nitrogen and oxygen atoms in total. The molecule has 0 aliphatic heterocycles. The molecule has 3 aliphatic rings. The zero-order valence-electron chi connectivity index (χ0n) is 41.1. The third-order valence-corrected chi connectivity index (χ3v) is 13.9. The smallest absolute Gasteiger partial charge is 0.128 e. The van der Waals surface area contributed by atoms with Crippen LogP contribution in [0.15, 0.2) is 52.4 Å². The van der Waals surface area contributed by atoms with Crippen LogP contribution in [0, 0.1) is 5.92 Å². The maximum atomic E-state index is 11.7. The van der Waals surface area contributed by atoms with Gasteiger partial charge in [-0.1, -0.05) is 147 Å². The van der Waals surface area contributed by atoms with Gasteiger partial charge in [0.2, 0.25) is 0 Å². The zero-order chi connectivity index (χ0) is 43.9. The minimum Gasteiger partial charge on any atom is -1.00 e. The van der Waals surface area contributed by atoms with Crippen molar-refractivity contribution in [3.05, 3.63) is 81.4 Å². The molecule has 3 atom stereocenters. The van der Waals surface area contributed by atoms with Crippen molar-refractivity contribution in [3.8, 4) is 11.5 Å². The van der Waals surface area contributed by atoms with E-state index in [1.54, 1.807) is 6.21 Å². The molecule has 3 aromatic carbocycles. The fraction of sp³-hybridized carbons (Fsp3) is 0.630. The molecule has 0 radical (unpaired) electrons. The summed E-state index contributed by atoms with van der Waals surface area (Å²) in [5, 5.41) is 23.3. The first kappa shape index (κ1) is 52.1. The van der Waals surface area contributed by atoms with Gasteiger partial charge in [-0.05, 0) is 101 Å². The van der Waals surface area contributed by atoms with E-state index >= 15 is 0 Å². The largest absolute Gasteiger partial charge is 1.00 e. The second-order valence-corrected chi connectivity index (χ2v) is 23.0. The van der Waals surface area contributed by atoms with Gasteiger partial charge in [-0.15, -0.1) is 0 Å². The molecular weight excluding hydrogens is 837 g/mol. The Kier molecular flexibility index (Phi) is 17.0. The second kappa shape index (κ2) is 20.3. The van der Waals surface area contributed by atoms with E-state index in [0.29, 0.717) is 29.1 Å². The van der Waals surface area contributed by atoms with E-state index in [1.165, 1.54) is 69.8 Å². The summed E-state index contributed by atoms with van der Waals surface area (Å²) in [7, 11) is 2.32. The topological polar surface area (TPSA) is 71.7 Å². The van der Waals surface area contributed by atoms with Crippen LogP contribution in [0.5, 0.6) is 11.5 Å². The number of benzene rings is 3. The monoisotopic (exact) mass is 916 g/mol. The van der Waals surface area contributed by atoms with Crippen LogP contribution in [0.3, 0.4) is 0 Å². The van der Waals surface area contributed by atoms with Gasteiger partial charge in [0.15, 0.2) is 0 Å². The number of nitrogens with zero attached hydrogens (tertiary/aromatic N) is 4. The average Bonchev–Trinajstić information content (AvgIpc) is 3.82. The summed E-state index contributed by atoms with van der Waals surface area (Å²) in [6.07, 6.45) is 17.4. The van der Waals surface area contributed by atoms with Crippen LogP contribution in [0.2, 0.25) is 0 Å². The van der Waals surface area contributed by atoms with Crippen LogP contribution in [-0.4, -0.2) is 63.7 Å². The molecule has 3 fully saturated rings. The minimum atomic E-state index is -0.245. The van der Waals surface area contributed by atoms with Gasteiger partial charge in [-0.3, -0.25) is 19.8 Å². The number of hydrogen-bond donors (Lipinski definition) is 2. The van der Waals surface area contributed by atoms with Crippen LogP contribution in [0.25, 0.3) is 0 Å². The minimum absolute atomic E-state index is 0. The van der Waals surface area contributed by atoms with Crippen LogP contribution in [0.4, 0.5) is 11.4 Å². The summed E-state index contributed by atoms with van der Waals surface area (Å²) in [5.41, 5.74) is 7.51. The predicted octanol–water partition coefficient (Wildman–Crippen LogP) is 10.6. The molecule has 3 aromatic rings. The number of rotatable bonds is 10. The fourth-order valence-electron chi connectivity index (χ4n) is 10.1. The Morgan fingerprint density at radius 2 is 1.00 bits per heavy atom. The van der Waals surface area contributed by atoms with Gasteiger partial charge >= 0.3 is 0 Å². The van der Waals surface area contributed by atoms with Crippen LogP contribution in [-0.2, 0) is 47.7 Å². The molecule has 3 saturated carbocycles. The van der Waals surface area contributed by atoms with Crippen molar-refractivity contribution in [3.63, 3.8) is 0 Å². The van der Waals surface area contributed by atoms with Gasteiger partial charge in [0, 0.05) is 84.9 Å². The second-order valence-electron chi connectivity index (χ2n) is 23.0. The molecule has 0 amide bonds. The Morgan fingerprint density at radius 3 is 1.40 bits per heavy atom. The number of halogens is 1. The van der Waals surface area contributed by atoms with Crippen LogP contribution in [0.1, 0.15) is 193 Å². The molecule has 62 heavy (non-hydrogen) atoms. The first-order chi connectivity index (χ1) is 27.9. The molecule has 3 unspecified atom stereocenters. The predicted molar refractivity (Wildman–Crippen MR) is 256 cm³/mol. The number of likely N-dealkylation sites (N-methyl/N-ethyl adjacent to an activating group) is 1. The molecule has 0 saturated heterocycles. The van der Waals surface area contributed by atoms with Gasteiger partial charge in [0.05, 0.1) is 11.4 Å². The summed E-state index contributed by atoms with van der Waals surface area (Å²) in [6, 6.07) is 17.5. The summed E-state index contributed by atoms with van der Waals surface area (Å²) in [5.74, 6) is 1.18. The number of phenolic OH excluding ortho intramolecular Hbond substituents is 2. The van der Waals surface area contributed by atoms with Gasteiger partial charge in [0.25, 0.3) is 0 Å². The Hall–Kier alpha value is -2.57. The Morgan fingerprint density at radius 1 is 0.581 bits per heavy atom. The van der Waals surface area contributed by atoms with E-state index in [4.69, 9.17) is 9.98 Å². The summed E-state index contributed by atoms with van der Waals surface area (Å²) in [4.78, 5) is 15.9. The zero-order valence-corrected chi connectivity index (χ0v) is 44.9. The number of phenols is 2. The SMILES string of the molecule is CC1C(N(C)Cc2ccc(N=Cc3cc(C(C)(C)C)cc(C(C)(C)C)c3O)c(N=Cc3cc(C(C)(C)C)cc(C(C)(C)C)c3O)c2)C1N(C1CCCCC1)C1CCCCC1.[Cl-].[Zn]. The van der Waals surface area contributed by atoms with E-state index in [1.807, 2.05) is 6.21 Å². The molecule has 0 heterocycles. The van der Waals surface area contributed by atoms with Gasteiger partial charge in [-0.2, -0.15) is 0 Å². The molecule has 3 aliphatic carbocycles. The van der Waals surface area contributed by atoms with Gasteiger partial charge < -0.3 is 22.6 Å². The molecule has 8 heteroatoms. The van der Waals surface area contributed by atoms with Crippen molar-refractivity contribution < 1.29 is 42.1 Å². The maximum absolute atomic E-state index is 11.7. The number of hydrogen-bond acceptors (Lipinski definition) is 6. The molecule has 2 N–H and O–H groups in total. The van der Waals surface area contributed by atoms with E-state index < -0.39 is 0 Å². The van der Waals surface area contributed by atoms with Crippen molar-refractivity contribution in [2.45, 2.75) is 207 Å². The maximum Gasteiger partial charge on any atom is 0.128 e. The normalized spacial score (nSPS) is 20.9. The molecule has 6 rings (SSSR count). The molecule has 0 spiro atoms. The molecule has 0 bridgehead atoms. The van der Waals surface area contributed by atoms with Crippen LogP contribution >= 0.6 is 0 Å². The van der Waals surface area contributed by atoms with Crippen molar-refractivity contribution in [1.82, 2.24) is 9.80 Å². The fourth-order valence-corrected chi connectivity index (χ4v) is 10.1. The Balaban J connectivity index is 0.00000422. The van der Waals surface area contributed by atoms with E-state index in [9.17, 15) is 10.2 Å². The summed E-state index contributed by atoms with van der Waals surface area (Å²) >= 11 is 0. The standard InChI is InChI=1S/C54H80N4O2.ClH.Zn/c1-35-47(48(35)58(41-21-17-15-18-22-41)42-23-19-16-20-24-42)57(14)34-36-25-26-45(55-32-37-28-39(51(2,3)4)30-43(49(37)59)53(8,9)10)46(27-36)56-33-38-29-40(52(5,6)7)31-44(50(38)60)54(11,12)13;;/h25-33,35,41-42,47-48,59-60H,15-24,34H2,1-14H3;1H;/p-1. The third kappa shape index (κ3) is 12.2. The van der Waals surface area contributed by atoms with Gasteiger partial charge in [-0.25, -0.2) is 0 Å².